The van der Waals surface area contributed by atoms with Crippen molar-refractivity contribution in [2.24, 2.45) is 0 Å². The molecule has 0 bridgehead atoms. The average molecular weight is 458 g/mol. The van der Waals surface area contributed by atoms with Gasteiger partial charge in [-0.05, 0) is 70.0 Å². The van der Waals surface area contributed by atoms with Gasteiger partial charge in [0, 0.05) is 17.6 Å². The third-order valence-corrected chi connectivity index (χ3v) is 5.50. The van der Waals surface area contributed by atoms with E-state index in [0.717, 1.165) is 0 Å². The van der Waals surface area contributed by atoms with Crippen molar-refractivity contribution in [3.05, 3.63) is 82.9 Å². The largest absolute Gasteiger partial charge is 0.497 e. The Bertz CT molecular complexity index is 1440. The number of Topliss-reactive ketones (excluding diaryl/α,β-unsaturated/α-hetero) is 1. The summed E-state index contributed by atoms with van der Waals surface area (Å²) in [6.45, 7) is 0.110. The predicted molar refractivity (Wildman–Crippen MR) is 120 cm³/mol. The van der Waals surface area contributed by atoms with Crippen LogP contribution < -0.4 is 14.2 Å². The van der Waals surface area contributed by atoms with Crippen LogP contribution in [0.2, 0.25) is 0 Å². The molecule has 9 nitrogen and oxygen atoms in total. The number of carbonyl (C=O) groups is 2. The maximum absolute atomic E-state index is 13.7. The van der Waals surface area contributed by atoms with E-state index >= 15 is 0 Å². The summed E-state index contributed by atoms with van der Waals surface area (Å²) >= 11 is 0. The van der Waals surface area contributed by atoms with Crippen LogP contribution in [0.15, 0.2) is 70.9 Å². The van der Waals surface area contributed by atoms with Gasteiger partial charge in [-0.2, -0.15) is 0 Å². The Morgan fingerprint density at radius 3 is 2.41 bits per heavy atom. The van der Waals surface area contributed by atoms with Crippen molar-refractivity contribution in [2.75, 3.05) is 13.9 Å². The van der Waals surface area contributed by atoms with Crippen LogP contribution in [0.1, 0.15) is 21.5 Å². The molecule has 0 saturated carbocycles. The number of ketones is 1. The number of ether oxygens (including phenoxy) is 3. The number of rotatable bonds is 7. The van der Waals surface area contributed by atoms with Crippen molar-refractivity contribution in [2.45, 2.75) is 6.42 Å². The number of methoxy groups -OCH3 is 1. The van der Waals surface area contributed by atoms with Gasteiger partial charge in [0.15, 0.2) is 17.3 Å². The fourth-order valence-electron chi connectivity index (χ4n) is 3.82. The van der Waals surface area contributed by atoms with Gasteiger partial charge in [-0.15, -0.1) is 0 Å². The van der Waals surface area contributed by atoms with E-state index in [4.69, 9.17) is 18.8 Å². The highest BCUT2D eigenvalue weighted by molar-refractivity contribution is 6.26. The normalized spacial score (nSPS) is 13.0. The molecule has 0 saturated heterocycles. The second-order valence-corrected chi connectivity index (χ2v) is 7.55. The summed E-state index contributed by atoms with van der Waals surface area (Å²) in [5, 5.41) is 17.7. The first-order valence-corrected chi connectivity index (χ1v) is 10.3. The van der Waals surface area contributed by atoms with Gasteiger partial charge in [0.2, 0.25) is 6.79 Å². The Hall–Kier alpha value is -4.66. The number of allylic oxidation sites excluding steroid dienone is 1. The summed E-state index contributed by atoms with van der Waals surface area (Å²) in [6, 6.07) is 16.5. The molecule has 170 valence electrons. The van der Waals surface area contributed by atoms with Crippen LogP contribution in [0, 0.1) is 0 Å². The van der Waals surface area contributed by atoms with E-state index in [1.165, 1.54) is 13.2 Å². The van der Waals surface area contributed by atoms with Crippen molar-refractivity contribution in [3.63, 3.8) is 0 Å². The van der Waals surface area contributed by atoms with E-state index in [2.05, 4.69) is 10.3 Å². The van der Waals surface area contributed by atoms with Crippen LogP contribution >= 0.6 is 0 Å². The third kappa shape index (κ3) is 3.95. The smallest absolute Gasteiger partial charge is 0.336 e. The highest BCUT2D eigenvalue weighted by Crippen LogP contribution is 2.34. The van der Waals surface area contributed by atoms with Gasteiger partial charge >= 0.3 is 5.97 Å². The summed E-state index contributed by atoms with van der Waals surface area (Å²) in [4.78, 5) is 26.1. The van der Waals surface area contributed by atoms with Crippen LogP contribution in [-0.2, 0) is 11.2 Å². The van der Waals surface area contributed by atoms with Gasteiger partial charge in [-0.3, -0.25) is 4.79 Å². The number of fused-ring (bicyclic) bond motifs is 2. The Kier molecular flexibility index (Phi) is 5.43. The first-order valence-electron chi connectivity index (χ1n) is 10.3. The van der Waals surface area contributed by atoms with E-state index in [1.54, 1.807) is 54.6 Å². The van der Waals surface area contributed by atoms with E-state index in [0.29, 0.717) is 45.0 Å². The number of carbonyl (C=O) groups excluding carboxylic acids is 1. The van der Waals surface area contributed by atoms with Crippen LogP contribution in [0.5, 0.6) is 17.2 Å². The van der Waals surface area contributed by atoms with Crippen LogP contribution in [0.4, 0.5) is 0 Å². The SMILES string of the molecule is COc1ccc(C(=O)/C(Cc2ccc3c(c2)OCO3)=C(/C(=O)O)c2ccc3nonc3c2)cc1. The summed E-state index contributed by atoms with van der Waals surface area (Å²) < 4.78 is 20.7. The lowest BCUT2D eigenvalue weighted by Crippen LogP contribution is -2.14. The highest BCUT2D eigenvalue weighted by atomic mass is 16.7. The molecule has 4 aromatic rings. The Labute approximate surface area is 193 Å². The molecule has 5 rings (SSSR count). The summed E-state index contributed by atoms with van der Waals surface area (Å²) in [7, 11) is 1.53. The minimum absolute atomic E-state index is 0.0538. The highest BCUT2D eigenvalue weighted by Gasteiger charge is 2.25. The van der Waals surface area contributed by atoms with Crippen molar-refractivity contribution < 1.29 is 33.5 Å². The van der Waals surface area contributed by atoms with Crippen LogP contribution in [-0.4, -0.2) is 41.1 Å². The van der Waals surface area contributed by atoms with Crippen LogP contribution in [0.3, 0.4) is 0 Å². The molecule has 1 aliphatic heterocycles. The maximum atomic E-state index is 13.7. The lowest BCUT2D eigenvalue weighted by molar-refractivity contribution is -0.130. The third-order valence-electron chi connectivity index (χ3n) is 5.50. The Morgan fingerprint density at radius 2 is 1.65 bits per heavy atom. The number of nitrogens with zero attached hydrogens (tertiary/aromatic N) is 2. The number of benzene rings is 3. The number of hydrogen-bond acceptors (Lipinski definition) is 8. The van der Waals surface area contributed by atoms with Gasteiger partial charge in [-0.25, -0.2) is 9.42 Å². The fraction of sp³-hybridized carbons (Fsp3) is 0.120. The summed E-state index contributed by atoms with van der Waals surface area (Å²) in [5.74, 6) is 0.0590. The zero-order valence-electron chi connectivity index (χ0n) is 18.0. The number of hydrogen-bond donors (Lipinski definition) is 1. The molecular formula is C25H18N2O7. The molecule has 9 heteroatoms. The van der Waals surface area contributed by atoms with Crippen molar-refractivity contribution in [1.82, 2.24) is 10.3 Å². The quantitative estimate of drug-likeness (QED) is 0.324. The molecule has 0 spiro atoms. The average Bonchev–Trinajstić information content (AvgIpc) is 3.51. The Morgan fingerprint density at radius 1 is 0.912 bits per heavy atom. The van der Waals surface area contributed by atoms with Gasteiger partial charge in [0.25, 0.3) is 0 Å². The number of aliphatic carboxylic acids is 1. The summed E-state index contributed by atoms with van der Waals surface area (Å²) in [6.07, 6.45) is 0.0538. The van der Waals surface area contributed by atoms with Gasteiger partial charge in [-0.1, -0.05) is 12.1 Å². The molecular weight excluding hydrogens is 440 g/mol. The second kappa shape index (κ2) is 8.70. The topological polar surface area (TPSA) is 121 Å². The monoisotopic (exact) mass is 458 g/mol. The molecule has 3 aromatic carbocycles. The number of carboxylic acids is 1. The van der Waals surface area contributed by atoms with E-state index in [1.807, 2.05) is 0 Å². The van der Waals surface area contributed by atoms with Crippen molar-refractivity contribution >= 4 is 28.4 Å². The molecule has 0 aliphatic carbocycles. The molecule has 0 atom stereocenters. The number of carboxylic acid groups (broad SMARTS) is 1. The Balaban J connectivity index is 1.65. The lowest BCUT2D eigenvalue weighted by Gasteiger charge is -2.14. The summed E-state index contributed by atoms with van der Waals surface area (Å²) in [5.41, 5.74) is 2.18. The molecule has 0 amide bonds. The predicted octanol–water partition coefficient (Wildman–Crippen LogP) is 3.92. The molecule has 1 aliphatic rings. The van der Waals surface area contributed by atoms with Gasteiger partial charge < -0.3 is 19.3 Å². The lowest BCUT2D eigenvalue weighted by atomic mass is 9.89. The zero-order chi connectivity index (χ0) is 23.7. The molecule has 0 fully saturated rings. The van der Waals surface area contributed by atoms with E-state index < -0.39 is 11.8 Å². The first-order chi connectivity index (χ1) is 16.5. The first kappa shape index (κ1) is 21.2. The van der Waals surface area contributed by atoms with Crippen LogP contribution in [0.25, 0.3) is 16.6 Å². The molecule has 0 unspecified atom stereocenters. The molecule has 2 heterocycles. The fourth-order valence-corrected chi connectivity index (χ4v) is 3.82. The van der Waals surface area contributed by atoms with Crippen molar-refractivity contribution in [1.29, 1.82) is 0 Å². The van der Waals surface area contributed by atoms with E-state index in [-0.39, 0.29) is 24.4 Å². The maximum Gasteiger partial charge on any atom is 0.336 e. The molecule has 34 heavy (non-hydrogen) atoms. The zero-order valence-corrected chi connectivity index (χ0v) is 18.0. The standard InChI is InChI=1S/C25H18N2O7/c1-31-17-6-3-15(4-7-17)24(28)18(10-14-2-9-21-22(11-14)33-13-32-21)23(25(29)30)16-5-8-19-20(12-16)27-34-26-19/h2-9,11-12H,10,13H2,1H3,(H,29,30)/b23-18+. The number of aromatic nitrogens is 2. The minimum atomic E-state index is -1.24. The molecule has 1 aromatic heterocycles. The van der Waals surface area contributed by atoms with Gasteiger partial charge in [0.05, 0.1) is 12.7 Å². The van der Waals surface area contributed by atoms with E-state index in [9.17, 15) is 14.7 Å². The van der Waals surface area contributed by atoms with Crippen molar-refractivity contribution in [3.8, 4) is 17.2 Å². The van der Waals surface area contributed by atoms with Gasteiger partial charge in [0.1, 0.15) is 16.8 Å². The molecule has 0 radical (unpaired) electrons. The molecule has 1 N–H and O–H groups in total. The minimum Gasteiger partial charge on any atom is -0.497 e. The second-order valence-electron chi connectivity index (χ2n) is 7.55.